The summed E-state index contributed by atoms with van der Waals surface area (Å²) in [5.41, 5.74) is 5.50. The molecule has 1 aliphatic rings. The van der Waals surface area contributed by atoms with Crippen molar-refractivity contribution >= 4 is 5.91 Å². The summed E-state index contributed by atoms with van der Waals surface area (Å²) >= 11 is 0. The van der Waals surface area contributed by atoms with Crippen LogP contribution in [0.25, 0.3) is 0 Å². The Kier molecular flexibility index (Phi) is 3.32. The third kappa shape index (κ3) is 1.97. The van der Waals surface area contributed by atoms with Crippen LogP contribution in [0.4, 0.5) is 0 Å². The normalized spacial score (nSPS) is 22.6. The Hall–Kier alpha value is -1.27. The highest BCUT2D eigenvalue weighted by Gasteiger charge is 2.29. The van der Waals surface area contributed by atoms with Crippen LogP contribution < -0.4 is 5.73 Å². The molecule has 6 heteroatoms. The number of hydrogen-bond donors (Lipinski definition) is 2. The third-order valence-corrected chi connectivity index (χ3v) is 2.12. The summed E-state index contributed by atoms with van der Waals surface area (Å²) in [5, 5.41) is 9.66. The Morgan fingerprint density at radius 2 is 2.36 bits per heavy atom. The van der Waals surface area contributed by atoms with Crippen LogP contribution in [0.5, 0.6) is 0 Å². The molecule has 3 N–H and O–H groups in total. The molecule has 1 heterocycles. The van der Waals surface area contributed by atoms with Crippen molar-refractivity contribution < 1.29 is 14.6 Å². The van der Waals surface area contributed by atoms with E-state index in [1.807, 2.05) is 0 Å². The molecule has 0 aromatic heterocycles. The van der Waals surface area contributed by atoms with Gasteiger partial charge in [0.05, 0.1) is 6.61 Å². The van der Waals surface area contributed by atoms with E-state index in [0.29, 0.717) is 13.2 Å². The molecule has 1 rings (SSSR count). The summed E-state index contributed by atoms with van der Waals surface area (Å²) in [5.74, 6) is -0.0404. The average molecular weight is 201 g/mol. The van der Waals surface area contributed by atoms with Crippen LogP contribution in [-0.2, 0) is 9.53 Å². The second-order valence-corrected chi connectivity index (χ2v) is 3.05. The number of ether oxygens (including phenoxy) is 1. The zero-order valence-corrected chi connectivity index (χ0v) is 8.30. The fourth-order valence-electron chi connectivity index (χ4n) is 1.18. The fraction of sp³-hybridized carbons (Fsp3) is 0.625. The SMILES string of the molecule is COCCN1C(=O)C=C(N)N(C)C1O. The molecule has 1 unspecified atom stereocenters. The first kappa shape index (κ1) is 10.8. The van der Waals surface area contributed by atoms with Gasteiger partial charge in [-0.1, -0.05) is 0 Å². The van der Waals surface area contributed by atoms with Crippen molar-refractivity contribution in [2.24, 2.45) is 5.73 Å². The Labute approximate surface area is 82.5 Å². The van der Waals surface area contributed by atoms with Gasteiger partial charge in [-0.25, -0.2) is 0 Å². The molecule has 6 nitrogen and oxygen atoms in total. The van der Waals surface area contributed by atoms with Gasteiger partial charge in [0.1, 0.15) is 5.82 Å². The first-order valence-electron chi connectivity index (χ1n) is 4.25. The van der Waals surface area contributed by atoms with Crippen LogP contribution in [0.15, 0.2) is 11.9 Å². The van der Waals surface area contributed by atoms with Gasteiger partial charge >= 0.3 is 0 Å². The van der Waals surface area contributed by atoms with Gasteiger partial charge in [0.15, 0.2) is 0 Å². The minimum atomic E-state index is -1.01. The maximum Gasteiger partial charge on any atom is 0.253 e. The van der Waals surface area contributed by atoms with Gasteiger partial charge in [0.2, 0.25) is 6.35 Å². The lowest BCUT2D eigenvalue weighted by atomic mass is 10.3. The van der Waals surface area contributed by atoms with Crippen LogP contribution in [0.2, 0.25) is 0 Å². The summed E-state index contributed by atoms with van der Waals surface area (Å²) in [6.45, 7) is 0.717. The van der Waals surface area contributed by atoms with Gasteiger partial charge in [0.25, 0.3) is 5.91 Å². The Morgan fingerprint density at radius 1 is 1.71 bits per heavy atom. The van der Waals surface area contributed by atoms with E-state index >= 15 is 0 Å². The number of hydrogen-bond acceptors (Lipinski definition) is 5. The van der Waals surface area contributed by atoms with E-state index < -0.39 is 6.35 Å². The number of amides is 1. The van der Waals surface area contributed by atoms with E-state index in [-0.39, 0.29) is 11.7 Å². The number of methoxy groups -OCH3 is 1. The molecule has 0 spiro atoms. The second kappa shape index (κ2) is 4.30. The first-order valence-corrected chi connectivity index (χ1v) is 4.25. The quantitative estimate of drug-likeness (QED) is 0.580. The van der Waals surface area contributed by atoms with Crippen LogP contribution >= 0.6 is 0 Å². The minimum absolute atomic E-state index is 0.260. The molecule has 0 bridgehead atoms. The molecule has 0 fully saturated rings. The number of nitrogens with zero attached hydrogens (tertiary/aromatic N) is 2. The van der Waals surface area contributed by atoms with Crippen molar-refractivity contribution in [3.05, 3.63) is 11.9 Å². The van der Waals surface area contributed by atoms with Gasteiger partial charge < -0.3 is 20.5 Å². The lowest BCUT2D eigenvalue weighted by molar-refractivity contribution is -0.153. The molecule has 0 aromatic carbocycles. The second-order valence-electron chi connectivity index (χ2n) is 3.05. The van der Waals surface area contributed by atoms with Crippen LogP contribution in [0.1, 0.15) is 0 Å². The maximum absolute atomic E-state index is 11.4. The molecule has 0 aromatic rings. The van der Waals surface area contributed by atoms with Gasteiger partial charge in [-0.15, -0.1) is 0 Å². The summed E-state index contributed by atoms with van der Waals surface area (Å²) < 4.78 is 4.83. The lowest BCUT2D eigenvalue weighted by Gasteiger charge is -2.37. The number of nitrogens with two attached hydrogens (primary N) is 1. The topological polar surface area (TPSA) is 79.0 Å². The smallest absolute Gasteiger partial charge is 0.253 e. The Balaban J connectivity index is 2.72. The minimum Gasteiger partial charge on any atom is -0.385 e. The highest BCUT2D eigenvalue weighted by molar-refractivity contribution is 5.89. The highest BCUT2D eigenvalue weighted by Crippen LogP contribution is 2.12. The largest absolute Gasteiger partial charge is 0.385 e. The van der Waals surface area contributed by atoms with Crippen molar-refractivity contribution in [3.63, 3.8) is 0 Å². The molecule has 1 atom stereocenters. The molecular formula is C8H15N3O3. The standard InChI is InChI=1S/C8H15N3O3/c1-10-6(9)5-7(12)11(8(10)13)3-4-14-2/h5,8,13H,3-4,9H2,1-2H3. The Morgan fingerprint density at radius 3 is 2.93 bits per heavy atom. The van der Waals surface area contributed by atoms with Crippen molar-refractivity contribution in [1.82, 2.24) is 9.80 Å². The van der Waals surface area contributed by atoms with Crippen LogP contribution in [-0.4, -0.2) is 54.5 Å². The summed E-state index contributed by atoms with van der Waals surface area (Å²) in [7, 11) is 3.15. The van der Waals surface area contributed by atoms with Crippen molar-refractivity contribution in [2.45, 2.75) is 6.35 Å². The molecule has 1 amide bonds. The van der Waals surface area contributed by atoms with Gasteiger partial charge in [-0.2, -0.15) is 0 Å². The average Bonchev–Trinajstić information content (AvgIpc) is 2.14. The van der Waals surface area contributed by atoms with E-state index in [1.54, 1.807) is 7.05 Å². The van der Waals surface area contributed by atoms with E-state index in [9.17, 15) is 9.90 Å². The van der Waals surface area contributed by atoms with Gasteiger partial charge in [-0.3, -0.25) is 9.69 Å². The van der Waals surface area contributed by atoms with E-state index in [1.165, 1.54) is 23.0 Å². The van der Waals surface area contributed by atoms with E-state index in [2.05, 4.69) is 0 Å². The number of rotatable bonds is 3. The molecule has 0 radical (unpaired) electrons. The van der Waals surface area contributed by atoms with E-state index in [4.69, 9.17) is 10.5 Å². The number of carbonyl (C=O) groups excluding carboxylic acids is 1. The van der Waals surface area contributed by atoms with E-state index in [0.717, 1.165) is 0 Å². The van der Waals surface area contributed by atoms with Gasteiger partial charge in [-0.05, 0) is 0 Å². The molecular weight excluding hydrogens is 186 g/mol. The zero-order valence-electron chi connectivity index (χ0n) is 8.30. The predicted octanol–water partition coefficient (Wildman–Crippen LogP) is -1.52. The van der Waals surface area contributed by atoms with Crippen LogP contribution in [0.3, 0.4) is 0 Å². The molecule has 80 valence electrons. The van der Waals surface area contributed by atoms with Crippen molar-refractivity contribution in [1.29, 1.82) is 0 Å². The maximum atomic E-state index is 11.4. The first-order chi connectivity index (χ1) is 6.57. The number of aliphatic hydroxyl groups is 1. The molecule has 1 aliphatic heterocycles. The molecule has 14 heavy (non-hydrogen) atoms. The molecule has 0 saturated carbocycles. The van der Waals surface area contributed by atoms with Crippen molar-refractivity contribution in [2.75, 3.05) is 27.3 Å². The highest BCUT2D eigenvalue weighted by atomic mass is 16.5. The lowest BCUT2D eigenvalue weighted by Crippen LogP contribution is -2.54. The predicted molar refractivity (Wildman–Crippen MR) is 49.6 cm³/mol. The number of aliphatic hydroxyl groups excluding tert-OH is 1. The summed E-state index contributed by atoms with van der Waals surface area (Å²) in [6, 6.07) is 0. The Bertz CT molecular complexity index is 254. The number of carbonyl (C=O) groups is 1. The van der Waals surface area contributed by atoms with Crippen LogP contribution in [0, 0.1) is 0 Å². The van der Waals surface area contributed by atoms with Gasteiger partial charge in [0, 0.05) is 26.8 Å². The van der Waals surface area contributed by atoms with Crippen molar-refractivity contribution in [3.8, 4) is 0 Å². The molecule has 0 aliphatic carbocycles. The third-order valence-electron chi connectivity index (χ3n) is 2.12. The summed E-state index contributed by atoms with van der Waals surface area (Å²) in [4.78, 5) is 14.1. The molecule has 0 saturated heterocycles. The summed E-state index contributed by atoms with van der Waals surface area (Å²) in [6.07, 6.45) is 0.269. The monoisotopic (exact) mass is 201 g/mol. The fourth-order valence-corrected chi connectivity index (χ4v) is 1.18. The zero-order chi connectivity index (χ0) is 10.7.